The molecule has 4 rings (SSSR count). The van der Waals surface area contributed by atoms with Gasteiger partial charge in [-0.05, 0) is 60.7 Å². The van der Waals surface area contributed by atoms with E-state index in [4.69, 9.17) is 51.5 Å². The molecule has 0 atom stereocenters. The van der Waals surface area contributed by atoms with Crippen LogP contribution in [0.2, 0.25) is 20.6 Å². The molecule has 4 aromatic rings. The average molecular weight is 815 g/mol. The van der Waals surface area contributed by atoms with Crippen LogP contribution in [0.25, 0.3) is 0 Å². The van der Waals surface area contributed by atoms with Crippen molar-refractivity contribution in [3.8, 4) is 0 Å². The number of hydrogen-bond donors (Lipinski definition) is 1. The van der Waals surface area contributed by atoms with Gasteiger partial charge >= 0.3 is 0 Å². The lowest BCUT2D eigenvalue weighted by atomic mass is 10.2. The number of halogens is 4. The first kappa shape index (κ1) is 60.7. The highest BCUT2D eigenvalue weighted by atomic mass is 35.5. The van der Waals surface area contributed by atoms with E-state index in [-0.39, 0.29) is 6.61 Å². The fourth-order valence-electron chi connectivity index (χ4n) is 2.37. The van der Waals surface area contributed by atoms with Crippen molar-refractivity contribution in [2.45, 2.75) is 109 Å². The highest BCUT2D eigenvalue weighted by Gasteiger charge is 1.96. The van der Waals surface area contributed by atoms with Crippen LogP contribution in [0.4, 0.5) is 0 Å². The monoisotopic (exact) mass is 812 g/mol. The van der Waals surface area contributed by atoms with Crippen LogP contribution in [-0.4, -0.2) is 46.8 Å². The number of rotatable bonds is 4. The zero-order valence-corrected chi connectivity index (χ0v) is 37.3. The van der Waals surface area contributed by atoms with Gasteiger partial charge in [0, 0.05) is 30.4 Å². The van der Waals surface area contributed by atoms with Crippen molar-refractivity contribution in [3.63, 3.8) is 0 Å². The number of pyridine rings is 4. The molecule has 0 aliphatic heterocycles. The second-order valence-corrected chi connectivity index (χ2v) is 10.9. The van der Waals surface area contributed by atoms with Crippen LogP contribution in [-0.2, 0) is 33.7 Å². The van der Waals surface area contributed by atoms with Crippen molar-refractivity contribution in [2.24, 2.45) is 0 Å². The Bertz CT molecular complexity index is 1270. The zero-order chi connectivity index (χ0) is 41.3. The van der Waals surface area contributed by atoms with Crippen molar-refractivity contribution in [1.29, 1.82) is 0 Å². The molecule has 0 unspecified atom stereocenters. The van der Waals surface area contributed by atoms with Gasteiger partial charge in [-0.1, -0.05) is 154 Å². The van der Waals surface area contributed by atoms with E-state index in [0.29, 0.717) is 26.2 Å². The Hall–Kier alpha value is -2.37. The van der Waals surface area contributed by atoms with Crippen molar-refractivity contribution < 1.29 is 17.7 Å². The first-order valence-corrected chi connectivity index (χ1v) is 20.4. The van der Waals surface area contributed by atoms with E-state index in [1.807, 2.05) is 113 Å². The Kier molecular flexibility index (Phi) is 54.3. The van der Waals surface area contributed by atoms with E-state index in [1.54, 1.807) is 36.9 Å². The van der Waals surface area contributed by atoms with Crippen LogP contribution in [0.5, 0.6) is 0 Å². The summed E-state index contributed by atoms with van der Waals surface area (Å²) in [5, 5.41) is 10.8. The molecule has 0 aliphatic rings. The Labute approximate surface area is 331 Å². The Morgan fingerprint density at radius 3 is 0.961 bits per heavy atom. The maximum absolute atomic E-state index is 9.78. The number of aliphatic hydroxyl groups excluding tert-OH is 1. The molecule has 294 valence electrons. The minimum atomic E-state index is -3.16. The predicted octanol–water partition coefficient (Wildman–Crippen LogP) is 12.6. The fraction of sp³-hybridized carbons (Fsp3) is 0.474. The summed E-state index contributed by atoms with van der Waals surface area (Å²) in [6.45, 7) is 26.0. The number of aromatic nitrogens is 4. The Balaban J connectivity index is -0.000000117. The maximum atomic E-state index is 9.78. The molecule has 0 bridgehead atoms. The molecule has 4 heterocycles. The van der Waals surface area contributed by atoms with Crippen molar-refractivity contribution >= 4 is 56.5 Å². The highest BCUT2D eigenvalue weighted by Crippen LogP contribution is 2.12. The maximum Gasteiger partial charge on any atom is 0.264 e. The van der Waals surface area contributed by atoms with Gasteiger partial charge in [-0.25, -0.2) is 19.9 Å². The van der Waals surface area contributed by atoms with Crippen LogP contribution in [0.3, 0.4) is 0 Å². The van der Waals surface area contributed by atoms with Crippen LogP contribution >= 0.6 is 46.4 Å². The summed E-state index contributed by atoms with van der Waals surface area (Å²) in [6.07, 6.45) is 9.55. The van der Waals surface area contributed by atoms with Gasteiger partial charge in [0.2, 0.25) is 0 Å². The minimum absolute atomic E-state index is 0.0489. The molecule has 0 aliphatic carbocycles. The van der Waals surface area contributed by atoms with Crippen molar-refractivity contribution in [3.05, 3.63) is 116 Å². The smallest absolute Gasteiger partial charge is 0.264 e. The standard InChI is InChI=1S/2C7H8ClN.C6H6ClNO.C6H6ClN.C2H6O3S.5C2H6/c2*1-2-6-4-3-5-9-7(6)8;7-6-5(4-9)2-1-3-8-6;1-5-3-2-4-8-6(5)7;1-5-6(2,3)4;5*1-2/h2*3-5H,2H2,1H3;1-3,9H,4H2;2-4H,1H3;1-2H3;5*1-2H3. The summed E-state index contributed by atoms with van der Waals surface area (Å²) in [5.41, 5.74) is 3.91. The third-order valence-corrected chi connectivity index (χ3v) is 6.71. The first-order chi connectivity index (χ1) is 24.4. The third-order valence-electron chi connectivity index (χ3n) is 4.69. The third kappa shape index (κ3) is 38.7. The van der Waals surface area contributed by atoms with Gasteiger partial charge in [-0.15, -0.1) is 0 Å². The number of hydrogen-bond acceptors (Lipinski definition) is 8. The molecule has 8 nitrogen and oxygen atoms in total. The molecule has 0 saturated carbocycles. The van der Waals surface area contributed by atoms with Crippen LogP contribution in [0.15, 0.2) is 73.3 Å². The average Bonchev–Trinajstić information content (AvgIpc) is 3.18. The molecule has 0 radical (unpaired) electrons. The lowest BCUT2D eigenvalue weighted by Crippen LogP contribution is -1.95. The Morgan fingerprint density at radius 1 is 0.569 bits per heavy atom. The van der Waals surface area contributed by atoms with E-state index in [9.17, 15) is 8.42 Å². The minimum Gasteiger partial charge on any atom is -0.392 e. The fourth-order valence-corrected chi connectivity index (χ4v) is 3.17. The number of aliphatic hydroxyl groups is 1. The topological polar surface area (TPSA) is 115 Å². The molecule has 0 spiro atoms. The van der Waals surface area contributed by atoms with Gasteiger partial charge in [0.05, 0.1) is 20.0 Å². The quantitative estimate of drug-likeness (QED) is 0.160. The van der Waals surface area contributed by atoms with Gasteiger partial charge in [0.1, 0.15) is 20.6 Å². The molecule has 0 saturated heterocycles. The summed E-state index contributed by atoms with van der Waals surface area (Å²) < 4.78 is 23.5. The van der Waals surface area contributed by atoms with Gasteiger partial charge < -0.3 is 5.11 Å². The summed E-state index contributed by atoms with van der Waals surface area (Å²) in [4.78, 5) is 15.4. The van der Waals surface area contributed by atoms with Crippen LogP contribution < -0.4 is 0 Å². The zero-order valence-electron chi connectivity index (χ0n) is 33.4. The second-order valence-electron chi connectivity index (χ2n) is 7.71. The van der Waals surface area contributed by atoms with E-state index < -0.39 is 10.1 Å². The first-order valence-electron chi connectivity index (χ1n) is 17.1. The van der Waals surface area contributed by atoms with Gasteiger partial charge in [-0.2, -0.15) is 8.42 Å². The van der Waals surface area contributed by atoms with E-state index in [2.05, 4.69) is 38.0 Å². The molecular formula is C38H64Cl4N4O4S. The number of aryl methyl sites for hydroxylation is 3. The molecule has 0 aromatic carbocycles. The van der Waals surface area contributed by atoms with Crippen molar-refractivity contribution in [1.82, 2.24) is 19.9 Å². The summed E-state index contributed by atoms with van der Waals surface area (Å²) in [6, 6.07) is 15.0. The lowest BCUT2D eigenvalue weighted by Gasteiger charge is -1.95. The van der Waals surface area contributed by atoms with E-state index in [1.165, 1.54) is 0 Å². The van der Waals surface area contributed by atoms with E-state index >= 15 is 0 Å². The second kappa shape index (κ2) is 45.7. The van der Waals surface area contributed by atoms with E-state index in [0.717, 1.165) is 42.9 Å². The summed E-state index contributed by atoms with van der Waals surface area (Å²) in [7, 11) is -2.04. The molecule has 0 fully saturated rings. The van der Waals surface area contributed by atoms with Crippen LogP contribution in [0.1, 0.15) is 105 Å². The largest absolute Gasteiger partial charge is 0.392 e. The molecule has 13 heteroatoms. The van der Waals surface area contributed by atoms with Gasteiger partial charge in [0.15, 0.2) is 0 Å². The predicted molar refractivity (Wildman–Crippen MR) is 225 cm³/mol. The summed E-state index contributed by atoms with van der Waals surface area (Å²) >= 11 is 22.6. The molecule has 1 N–H and O–H groups in total. The van der Waals surface area contributed by atoms with Gasteiger partial charge in [0.25, 0.3) is 10.1 Å². The van der Waals surface area contributed by atoms with Gasteiger partial charge in [-0.3, -0.25) is 4.18 Å². The molecule has 4 aromatic heterocycles. The highest BCUT2D eigenvalue weighted by molar-refractivity contribution is 7.85. The number of nitrogens with zero attached hydrogens (tertiary/aromatic N) is 4. The normalized spacial score (nSPS) is 8.47. The molecular weight excluding hydrogens is 750 g/mol. The Morgan fingerprint density at radius 2 is 0.824 bits per heavy atom. The summed E-state index contributed by atoms with van der Waals surface area (Å²) in [5.74, 6) is 0. The lowest BCUT2D eigenvalue weighted by molar-refractivity contribution is 0.281. The SMILES string of the molecule is CC.CC.CC.CC.CC.CCc1cccnc1Cl.CCc1cccnc1Cl.COS(C)(=O)=O.Cc1cccnc1Cl.OCc1cccnc1Cl. The molecule has 0 amide bonds. The van der Waals surface area contributed by atoms with Crippen molar-refractivity contribution in [2.75, 3.05) is 13.4 Å². The molecule has 51 heavy (non-hydrogen) atoms. The van der Waals surface area contributed by atoms with Crippen LogP contribution in [0, 0.1) is 6.92 Å².